The monoisotopic (exact) mass is 356 g/mol. The van der Waals surface area contributed by atoms with Crippen LogP contribution in [0.4, 0.5) is 5.69 Å². The van der Waals surface area contributed by atoms with E-state index < -0.39 is 24.4 Å². The minimum absolute atomic E-state index is 0.338. The molecule has 128 valence electrons. The molecule has 2 rings (SSSR count). The number of carbonyl (C=O) groups excluding carboxylic acids is 3. The van der Waals surface area contributed by atoms with Gasteiger partial charge in [0.1, 0.15) is 0 Å². The summed E-state index contributed by atoms with van der Waals surface area (Å²) in [6.07, 6.45) is 1.26. The van der Waals surface area contributed by atoms with Gasteiger partial charge in [0.2, 0.25) is 5.91 Å². The minimum atomic E-state index is -0.609. The predicted octanol–water partition coefficient (Wildman–Crippen LogP) is 2.57. The van der Waals surface area contributed by atoms with Crippen LogP contribution in [0.2, 0.25) is 0 Å². The number of rotatable bonds is 7. The fraction of sp³-hybridized carbons (Fsp3) is 0.0556. The van der Waals surface area contributed by atoms with Crippen molar-refractivity contribution in [2.45, 2.75) is 4.90 Å². The maximum absolute atomic E-state index is 11.7. The van der Waals surface area contributed by atoms with Crippen LogP contribution in [0.3, 0.4) is 0 Å². The zero-order valence-electron chi connectivity index (χ0n) is 13.2. The summed E-state index contributed by atoms with van der Waals surface area (Å²) in [5.74, 6) is -1.64. The lowest BCUT2D eigenvalue weighted by Crippen LogP contribution is -2.20. The fourth-order valence-corrected chi connectivity index (χ4v) is 2.42. The lowest BCUT2D eigenvalue weighted by Gasteiger charge is -2.05. The number of carbonyl (C=O) groups is 3. The van der Waals surface area contributed by atoms with E-state index in [0.29, 0.717) is 11.3 Å². The molecule has 0 atom stereocenters. The van der Waals surface area contributed by atoms with Crippen molar-refractivity contribution in [1.82, 2.24) is 0 Å². The van der Waals surface area contributed by atoms with Gasteiger partial charge in [-0.3, -0.25) is 9.59 Å². The Morgan fingerprint density at radius 3 is 2.36 bits per heavy atom. The molecule has 0 saturated heterocycles. The van der Waals surface area contributed by atoms with E-state index in [2.05, 4.69) is 5.32 Å². The lowest BCUT2D eigenvalue weighted by molar-refractivity contribution is -0.142. The first-order valence-corrected chi connectivity index (χ1v) is 8.17. The highest BCUT2D eigenvalue weighted by atomic mass is 32.2. The highest BCUT2D eigenvalue weighted by molar-refractivity contribution is 8.02. The Labute approximate surface area is 149 Å². The molecule has 0 saturated carbocycles. The first-order valence-electron chi connectivity index (χ1n) is 7.29. The molecule has 7 heteroatoms. The van der Waals surface area contributed by atoms with Crippen LogP contribution in [0.25, 0.3) is 0 Å². The SMILES string of the molecule is NC(=O)c1ccc(NC(=O)COC(=O)/C=C/Sc2ccccc2)cc1. The van der Waals surface area contributed by atoms with Crippen LogP contribution < -0.4 is 11.1 Å². The van der Waals surface area contributed by atoms with Gasteiger partial charge < -0.3 is 15.8 Å². The first-order chi connectivity index (χ1) is 12.0. The maximum atomic E-state index is 11.7. The minimum Gasteiger partial charge on any atom is -0.452 e. The molecule has 0 fully saturated rings. The van der Waals surface area contributed by atoms with Gasteiger partial charge in [-0.25, -0.2) is 4.79 Å². The molecule has 3 N–H and O–H groups in total. The van der Waals surface area contributed by atoms with Crippen molar-refractivity contribution in [1.29, 1.82) is 0 Å². The highest BCUT2D eigenvalue weighted by Gasteiger charge is 2.06. The van der Waals surface area contributed by atoms with Crippen LogP contribution in [0.15, 0.2) is 71.0 Å². The summed E-state index contributed by atoms with van der Waals surface area (Å²) >= 11 is 1.37. The van der Waals surface area contributed by atoms with Gasteiger partial charge in [-0.1, -0.05) is 30.0 Å². The summed E-state index contributed by atoms with van der Waals surface area (Å²) in [6.45, 7) is -0.406. The van der Waals surface area contributed by atoms with E-state index in [-0.39, 0.29) is 0 Å². The van der Waals surface area contributed by atoms with Crippen LogP contribution in [0.5, 0.6) is 0 Å². The quantitative estimate of drug-likeness (QED) is 0.451. The zero-order chi connectivity index (χ0) is 18.1. The van der Waals surface area contributed by atoms with Gasteiger partial charge in [0.25, 0.3) is 5.91 Å². The average Bonchev–Trinajstić information content (AvgIpc) is 2.61. The third kappa shape index (κ3) is 6.52. The summed E-state index contributed by atoms with van der Waals surface area (Å²) in [4.78, 5) is 35.2. The Balaban J connectivity index is 1.73. The Morgan fingerprint density at radius 1 is 1.04 bits per heavy atom. The Morgan fingerprint density at radius 2 is 1.72 bits per heavy atom. The summed E-state index contributed by atoms with van der Waals surface area (Å²) < 4.78 is 4.85. The van der Waals surface area contributed by atoms with E-state index in [1.165, 1.54) is 42.1 Å². The molecule has 0 aromatic heterocycles. The second-order valence-corrected chi connectivity index (χ2v) is 5.81. The molecule has 0 unspecified atom stereocenters. The number of thioether (sulfide) groups is 1. The lowest BCUT2D eigenvalue weighted by atomic mass is 10.2. The van der Waals surface area contributed by atoms with Crippen LogP contribution in [-0.2, 0) is 14.3 Å². The molecular formula is C18H16N2O4S. The van der Waals surface area contributed by atoms with Crippen molar-refractivity contribution in [3.63, 3.8) is 0 Å². The van der Waals surface area contributed by atoms with E-state index in [1.54, 1.807) is 5.41 Å². The zero-order valence-corrected chi connectivity index (χ0v) is 14.0. The number of hydrogen-bond donors (Lipinski definition) is 2. The Bertz CT molecular complexity index is 773. The smallest absolute Gasteiger partial charge is 0.331 e. The van der Waals surface area contributed by atoms with Crippen molar-refractivity contribution in [3.05, 3.63) is 71.6 Å². The second-order valence-electron chi connectivity index (χ2n) is 4.83. The summed E-state index contributed by atoms with van der Waals surface area (Å²) in [6, 6.07) is 15.6. The molecule has 25 heavy (non-hydrogen) atoms. The number of primary amides is 1. The van der Waals surface area contributed by atoms with Crippen LogP contribution in [0, 0.1) is 0 Å². The summed E-state index contributed by atoms with van der Waals surface area (Å²) in [5, 5.41) is 4.14. The Kier molecular flexibility index (Phi) is 6.79. The number of anilines is 1. The standard InChI is InChI=1S/C18H16N2O4S/c19-18(23)13-6-8-14(9-7-13)20-16(21)12-24-17(22)10-11-25-15-4-2-1-3-5-15/h1-11H,12H2,(H2,19,23)(H,20,21)/b11-10+. The van der Waals surface area contributed by atoms with Gasteiger partial charge in [-0.2, -0.15) is 0 Å². The second kappa shape index (κ2) is 9.29. The summed E-state index contributed by atoms with van der Waals surface area (Å²) in [7, 11) is 0. The average molecular weight is 356 g/mol. The van der Waals surface area contributed by atoms with Gasteiger partial charge in [0.05, 0.1) is 0 Å². The normalized spacial score (nSPS) is 10.4. The number of nitrogens with two attached hydrogens (primary N) is 1. The number of esters is 1. The van der Waals surface area contributed by atoms with Crippen molar-refractivity contribution < 1.29 is 19.1 Å². The fourth-order valence-electron chi connectivity index (χ4n) is 1.77. The molecule has 6 nitrogen and oxygen atoms in total. The van der Waals surface area contributed by atoms with Crippen molar-refractivity contribution in [2.75, 3.05) is 11.9 Å². The van der Waals surface area contributed by atoms with Crippen molar-refractivity contribution in [3.8, 4) is 0 Å². The number of ether oxygens (including phenoxy) is 1. The van der Waals surface area contributed by atoms with E-state index >= 15 is 0 Å². The molecular weight excluding hydrogens is 340 g/mol. The van der Waals surface area contributed by atoms with Crippen molar-refractivity contribution in [2.24, 2.45) is 5.73 Å². The first kappa shape index (κ1) is 18.3. The van der Waals surface area contributed by atoms with Gasteiger partial charge in [-0.15, -0.1) is 0 Å². The van der Waals surface area contributed by atoms with Gasteiger partial charge in [0, 0.05) is 22.2 Å². The molecule has 0 bridgehead atoms. The van der Waals surface area contributed by atoms with Gasteiger partial charge in [0.15, 0.2) is 6.61 Å². The van der Waals surface area contributed by atoms with Gasteiger partial charge >= 0.3 is 5.97 Å². The molecule has 0 spiro atoms. The molecule has 2 aromatic carbocycles. The highest BCUT2D eigenvalue weighted by Crippen LogP contribution is 2.17. The van der Waals surface area contributed by atoms with Crippen LogP contribution in [0.1, 0.15) is 10.4 Å². The molecule has 0 radical (unpaired) electrons. The maximum Gasteiger partial charge on any atom is 0.331 e. The van der Waals surface area contributed by atoms with Gasteiger partial charge in [-0.05, 0) is 41.8 Å². The number of benzene rings is 2. The number of nitrogens with one attached hydrogen (secondary N) is 1. The molecule has 2 aromatic rings. The topological polar surface area (TPSA) is 98.5 Å². The largest absolute Gasteiger partial charge is 0.452 e. The predicted molar refractivity (Wildman–Crippen MR) is 96.0 cm³/mol. The third-order valence-corrected chi connectivity index (χ3v) is 3.77. The van der Waals surface area contributed by atoms with E-state index in [9.17, 15) is 14.4 Å². The molecule has 0 heterocycles. The van der Waals surface area contributed by atoms with E-state index in [0.717, 1.165) is 4.90 Å². The van der Waals surface area contributed by atoms with Crippen molar-refractivity contribution >= 4 is 35.2 Å². The molecule has 0 aliphatic rings. The van der Waals surface area contributed by atoms with Crippen LogP contribution >= 0.6 is 11.8 Å². The molecule has 0 aliphatic carbocycles. The van der Waals surface area contributed by atoms with E-state index in [4.69, 9.17) is 10.5 Å². The molecule has 0 aliphatic heterocycles. The number of hydrogen-bond acceptors (Lipinski definition) is 5. The van der Waals surface area contributed by atoms with Crippen LogP contribution in [-0.4, -0.2) is 24.4 Å². The molecule has 2 amide bonds. The van der Waals surface area contributed by atoms with E-state index in [1.807, 2.05) is 30.3 Å². The Hall–Kier alpha value is -3.06. The number of amides is 2. The summed E-state index contributed by atoms with van der Waals surface area (Å²) in [5.41, 5.74) is 5.94. The third-order valence-electron chi connectivity index (χ3n) is 2.95.